The number of nitrogens with one attached hydrogen (secondary N) is 2. The van der Waals surface area contributed by atoms with Crippen molar-refractivity contribution in [1.82, 2.24) is 5.32 Å². The van der Waals surface area contributed by atoms with Crippen molar-refractivity contribution >= 4 is 27.9 Å². The minimum Gasteiger partial charge on any atom is -0.397 e. The molecule has 6 heteroatoms. The van der Waals surface area contributed by atoms with Gasteiger partial charge in [0.2, 0.25) is 0 Å². The number of rotatable bonds is 5. The first-order chi connectivity index (χ1) is 9.15. The van der Waals surface area contributed by atoms with E-state index in [0.29, 0.717) is 23.2 Å². The van der Waals surface area contributed by atoms with Crippen molar-refractivity contribution in [3.8, 4) is 0 Å². The van der Waals surface area contributed by atoms with Crippen LogP contribution in [-0.2, 0) is 4.74 Å². The second-order valence-electron chi connectivity index (χ2n) is 4.71. The maximum absolute atomic E-state index is 11.8. The SMILES string of the molecule is CCNC(=O)c1sc(NC2CCCC2OC)cc1N. The number of thiophene rings is 1. The molecule has 0 radical (unpaired) electrons. The standard InChI is InChI=1S/C13H21N3O2S/c1-3-15-13(17)12-8(14)7-11(19-12)16-9-5-4-6-10(9)18-2/h7,9-10,16H,3-6,14H2,1-2H3,(H,15,17). The largest absolute Gasteiger partial charge is 0.397 e. The highest BCUT2D eigenvalue weighted by molar-refractivity contribution is 7.18. The van der Waals surface area contributed by atoms with Gasteiger partial charge in [0.05, 0.1) is 22.8 Å². The van der Waals surface area contributed by atoms with E-state index in [1.165, 1.54) is 17.8 Å². The molecule has 0 aromatic carbocycles. The van der Waals surface area contributed by atoms with E-state index in [1.54, 1.807) is 7.11 Å². The summed E-state index contributed by atoms with van der Waals surface area (Å²) in [6.07, 6.45) is 3.59. The average molecular weight is 283 g/mol. The number of nitrogens with two attached hydrogens (primary N) is 1. The molecule has 2 atom stereocenters. The average Bonchev–Trinajstić information content (AvgIpc) is 2.96. The van der Waals surface area contributed by atoms with Crippen molar-refractivity contribution in [3.05, 3.63) is 10.9 Å². The Morgan fingerprint density at radius 2 is 2.37 bits per heavy atom. The zero-order chi connectivity index (χ0) is 13.8. The minimum atomic E-state index is -0.104. The van der Waals surface area contributed by atoms with Gasteiger partial charge < -0.3 is 21.1 Å². The van der Waals surface area contributed by atoms with Crippen molar-refractivity contribution in [2.24, 2.45) is 0 Å². The predicted molar refractivity (Wildman–Crippen MR) is 78.8 cm³/mol. The Kier molecular flexibility index (Phi) is 4.66. The Bertz CT molecular complexity index is 447. The van der Waals surface area contributed by atoms with Crippen molar-refractivity contribution in [3.63, 3.8) is 0 Å². The Balaban J connectivity index is 2.05. The number of nitrogen functional groups attached to an aromatic ring is 1. The second-order valence-corrected chi connectivity index (χ2v) is 5.76. The first-order valence-corrected chi connectivity index (χ1v) is 7.44. The molecule has 2 unspecified atom stereocenters. The highest BCUT2D eigenvalue weighted by Gasteiger charge is 2.27. The fourth-order valence-electron chi connectivity index (χ4n) is 2.45. The van der Waals surface area contributed by atoms with Crippen LogP contribution in [0.1, 0.15) is 35.9 Å². The van der Waals surface area contributed by atoms with E-state index in [1.807, 2.05) is 13.0 Å². The smallest absolute Gasteiger partial charge is 0.263 e. The summed E-state index contributed by atoms with van der Waals surface area (Å²) in [5.41, 5.74) is 6.43. The van der Waals surface area contributed by atoms with Crippen LogP contribution in [0.4, 0.5) is 10.7 Å². The summed E-state index contributed by atoms with van der Waals surface area (Å²) in [5, 5.41) is 7.14. The number of anilines is 2. The fraction of sp³-hybridized carbons (Fsp3) is 0.615. The topological polar surface area (TPSA) is 76.4 Å². The summed E-state index contributed by atoms with van der Waals surface area (Å²) < 4.78 is 5.45. The molecule has 0 saturated heterocycles. The highest BCUT2D eigenvalue weighted by atomic mass is 32.1. The summed E-state index contributed by atoms with van der Waals surface area (Å²) in [6.45, 7) is 2.50. The predicted octanol–water partition coefficient (Wildman–Crippen LogP) is 2.06. The van der Waals surface area contributed by atoms with E-state index in [9.17, 15) is 4.79 Å². The molecule has 1 aliphatic carbocycles. The van der Waals surface area contributed by atoms with Crippen LogP contribution in [0.5, 0.6) is 0 Å². The molecule has 0 aliphatic heterocycles. The Morgan fingerprint density at radius 3 is 3.05 bits per heavy atom. The molecule has 1 saturated carbocycles. The number of amides is 1. The van der Waals surface area contributed by atoms with Crippen LogP contribution in [0, 0.1) is 0 Å². The van der Waals surface area contributed by atoms with Crippen molar-refractivity contribution in [2.75, 3.05) is 24.7 Å². The van der Waals surface area contributed by atoms with Crippen molar-refractivity contribution in [2.45, 2.75) is 38.3 Å². The fourth-order valence-corrected chi connectivity index (χ4v) is 3.41. The van der Waals surface area contributed by atoms with Crippen LogP contribution in [0.2, 0.25) is 0 Å². The quantitative estimate of drug-likeness (QED) is 0.773. The summed E-state index contributed by atoms with van der Waals surface area (Å²) in [7, 11) is 1.74. The van der Waals surface area contributed by atoms with Gasteiger partial charge in [-0.1, -0.05) is 0 Å². The Morgan fingerprint density at radius 1 is 1.58 bits per heavy atom. The maximum Gasteiger partial charge on any atom is 0.263 e. The molecule has 1 aromatic rings. The molecule has 19 heavy (non-hydrogen) atoms. The Hall–Kier alpha value is -1.27. The van der Waals surface area contributed by atoms with Crippen LogP contribution in [-0.4, -0.2) is 31.7 Å². The van der Waals surface area contributed by atoms with Gasteiger partial charge in [-0.3, -0.25) is 4.79 Å². The van der Waals surface area contributed by atoms with E-state index in [4.69, 9.17) is 10.5 Å². The second kappa shape index (κ2) is 6.25. The van der Waals surface area contributed by atoms with E-state index in [2.05, 4.69) is 10.6 Å². The minimum absolute atomic E-state index is 0.104. The zero-order valence-electron chi connectivity index (χ0n) is 11.4. The normalized spacial score (nSPS) is 22.4. The van der Waals surface area contributed by atoms with Gasteiger partial charge in [-0.15, -0.1) is 11.3 Å². The molecule has 1 heterocycles. The Labute approximate surface area is 117 Å². The summed E-state index contributed by atoms with van der Waals surface area (Å²) >= 11 is 1.40. The first-order valence-electron chi connectivity index (χ1n) is 6.62. The van der Waals surface area contributed by atoms with Crippen LogP contribution in [0.15, 0.2) is 6.07 Å². The molecule has 0 bridgehead atoms. The van der Waals surface area contributed by atoms with Gasteiger partial charge in [0, 0.05) is 13.7 Å². The lowest BCUT2D eigenvalue weighted by Gasteiger charge is -2.19. The summed E-state index contributed by atoms with van der Waals surface area (Å²) in [6, 6.07) is 2.14. The van der Waals surface area contributed by atoms with Gasteiger partial charge in [0.15, 0.2) is 0 Å². The van der Waals surface area contributed by atoms with Gasteiger partial charge in [0.1, 0.15) is 4.88 Å². The molecule has 5 nitrogen and oxygen atoms in total. The van der Waals surface area contributed by atoms with Crippen molar-refractivity contribution < 1.29 is 9.53 Å². The molecule has 106 valence electrons. The molecule has 4 N–H and O–H groups in total. The molecule has 1 aliphatic rings. The molecule has 1 amide bonds. The van der Waals surface area contributed by atoms with Gasteiger partial charge >= 0.3 is 0 Å². The summed E-state index contributed by atoms with van der Waals surface area (Å²) in [4.78, 5) is 12.4. The lowest BCUT2D eigenvalue weighted by atomic mass is 10.2. The van der Waals surface area contributed by atoms with Crippen LogP contribution in [0.3, 0.4) is 0 Å². The molecule has 0 spiro atoms. The number of carbonyl (C=O) groups is 1. The third-order valence-corrected chi connectivity index (χ3v) is 4.47. The number of hydrogen-bond acceptors (Lipinski definition) is 5. The lowest BCUT2D eigenvalue weighted by molar-refractivity contribution is 0.0960. The lowest BCUT2D eigenvalue weighted by Crippen LogP contribution is -2.29. The number of ether oxygens (including phenoxy) is 1. The van der Waals surface area contributed by atoms with Crippen LogP contribution >= 0.6 is 11.3 Å². The first kappa shape index (κ1) is 14.1. The number of hydrogen-bond donors (Lipinski definition) is 3. The summed E-state index contributed by atoms with van der Waals surface area (Å²) in [5.74, 6) is -0.104. The van der Waals surface area contributed by atoms with Gasteiger partial charge in [-0.05, 0) is 32.3 Å². The molecular weight excluding hydrogens is 262 g/mol. The van der Waals surface area contributed by atoms with E-state index in [-0.39, 0.29) is 12.0 Å². The van der Waals surface area contributed by atoms with Gasteiger partial charge in [-0.25, -0.2) is 0 Å². The molecule has 1 fully saturated rings. The van der Waals surface area contributed by atoms with Gasteiger partial charge in [0.25, 0.3) is 5.91 Å². The highest BCUT2D eigenvalue weighted by Crippen LogP contribution is 2.32. The van der Waals surface area contributed by atoms with E-state index in [0.717, 1.165) is 17.8 Å². The van der Waals surface area contributed by atoms with Gasteiger partial charge in [-0.2, -0.15) is 0 Å². The third-order valence-electron chi connectivity index (χ3n) is 3.39. The maximum atomic E-state index is 11.8. The molecule has 1 aromatic heterocycles. The van der Waals surface area contributed by atoms with Crippen LogP contribution < -0.4 is 16.4 Å². The monoisotopic (exact) mass is 283 g/mol. The number of methoxy groups -OCH3 is 1. The zero-order valence-corrected chi connectivity index (χ0v) is 12.2. The van der Waals surface area contributed by atoms with E-state index < -0.39 is 0 Å². The molecule has 2 rings (SSSR count). The third kappa shape index (κ3) is 3.19. The molecular formula is C13H21N3O2S. The van der Waals surface area contributed by atoms with E-state index >= 15 is 0 Å². The van der Waals surface area contributed by atoms with Crippen LogP contribution in [0.25, 0.3) is 0 Å². The number of carbonyl (C=O) groups excluding carboxylic acids is 1. The van der Waals surface area contributed by atoms with Crippen molar-refractivity contribution in [1.29, 1.82) is 0 Å².